The Labute approximate surface area is 230 Å². The lowest BCUT2D eigenvalue weighted by atomic mass is 10.2. The largest absolute Gasteiger partial charge is 0.471 e. The summed E-state index contributed by atoms with van der Waals surface area (Å²) in [7, 11) is 0. The van der Waals surface area contributed by atoms with Gasteiger partial charge in [-0.2, -0.15) is 0 Å². The predicted molar refractivity (Wildman–Crippen MR) is 153 cm³/mol. The van der Waals surface area contributed by atoms with E-state index in [0.717, 1.165) is 59.9 Å². The predicted octanol–water partition coefficient (Wildman–Crippen LogP) is 2.26. The van der Waals surface area contributed by atoms with E-state index in [1.807, 2.05) is 64.3 Å². The molecule has 2 saturated heterocycles. The number of carbonyl (C=O) groups is 1. The third-order valence-corrected chi connectivity index (χ3v) is 7.29. The van der Waals surface area contributed by atoms with E-state index >= 15 is 0 Å². The molecule has 0 bridgehead atoms. The second-order valence-electron chi connectivity index (χ2n) is 9.94. The Bertz CT molecular complexity index is 1680. The lowest BCUT2D eigenvalue weighted by Crippen LogP contribution is -2.48. The molecule has 0 radical (unpaired) electrons. The molecule has 0 saturated carbocycles. The first kappa shape index (κ1) is 24.3. The van der Waals surface area contributed by atoms with Crippen molar-refractivity contribution in [2.75, 3.05) is 55.6 Å². The molecular formula is C29H29N9O2. The van der Waals surface area contributed by atoms with Crippen LogP contribution in [0.1, 0.15) is 5.69 Å². The van der Waals surface area contributed by atoms with Crippen LogP contribution in [0.5, 0.6) is 5.88 Å². The highest BCUT2D eigenvalue weighted by atomic mass is 16.5. The molecule has 2 N–H and O–H groups in total. The second kappa shape index (κ2) is 10.4. The molecule has 2 aliphatic heterocycles. The fourth-order valence-corrected chi connectivity index (χ4v) is 5.23. The van der Waals surface area contributed by atoms with Crippen LogP contribution < -0.4 is 25.2 Å². The number of imidazole rings is 1. The van der Waals surface area contributed by atoms with Crippen LogP contribution in [-0.4, -0.2) is 76.1 Å². The zero-order chi connectivity index (χ0) is 26.9. The Hall–Kier alpha value is -4.77. The number of benzene rings is 1. The highest BCUT2D eigenvalue weighted by Gasteiger charge is 2.23. The fourth-order valence-electron chi connectivity index (χ4n) is 5.23. The molecule has 7 rings (SSSR count). The van der Waals surface area contributed by atoms with Crippen molar-refractivity contribution in [3.63, 3.8) is 0 Å². The number of fused-ring (bicyclic) bond motifs is 2. The van der Waals surface area contributed by atoms with Crippen molar-refractivity contribution in [1.29, 1.82) is 0 Å². The summed E-state index contributed by atoms with van der Waals surface area (Å²) >= 11 is 0. The van der Waals surface area contributed by atoms with Crippen LogP contribution in [-0.2, 0) is 11.4 Å². The first-order valence-corrected chi connectivity index (χ1v) is 13.5. The van der Waals surface area contributed by atoms with E-state index in [-0.39, 0.29) is 19.1 Å². The summed E-state index contributed by atoms with van der Waals surface area (Å²) in [6.07, 6.45) is 5.68. The monoisotopic (exact) mass is 535 g/mol. The molecule has 4 aromatic heterocycles. The molecule has 0 aliphatic carbocycles. The molecule has 2 aliphatic rings. The summed E-state index contributed by atoms with van der Waals surface area (Å²) in [6, 6.07) is 15.9. The van der Waals surface area contributed by atoms with Crippen molar-refractivity contribution in [3.8, 4) is 17.1 Å². The zero-order valence-corrected chi connectivity index (χ0v) is 22.0. The van der Waals surface area contributed by atoms with Gasteiger partial charge in [-0.05, 0) is 24.3 Å². The van der Waals surface area contributed by atoms with Gasteiger partial charge in [0.15, 0.2) is 11.5 Å². The summed E-state index contributed by atoms with van der Waals surface area (Å²) in [5, 5.41) is 7.31. The van der Waals surface area contributed by atoms with E-state index in [1.54, 1.807) is 0 Å². The first-order valence-electron chi connectivity index (χ1n) is 13.5. The van der Waals surface area contributed by atoms with Gasteiger partial charge in [0.25, 0.3) is 0 Å². The number of ether oxygens (including phenoxy) is 1. The topological polar surface area (TPSA) is 113 Å². The van der Waals surface area contributed by atoms with E-state index in [0.29, 0.717) is 30.4 Å². The number of para-hydroxylation sites is 1. The lowest BCUT2D eigenvalue weighted by Gasteiger charge is -2.28. The number of aromatic nitrogens is 5. The summed E-state index contributed by atoms with van der Waals surface area (Å²) < 4.78 is 8.07. The van der Waals surface area contributed by atoms with Gasteiger partial charge in [0, 0.05) is 68.7 Å². The van der Waals surface area contributed by atoms with Crippen molar-refractivity contribution in [2.45, 2.75) is 6.61 Å². The molecule has 11 nitrogen and oxygen atoms in total. The number of carbonyl (C=O) groups excluding carboxylic acids is 1. The number of amides is 1. The van der Waals surface area contributed by atoms with Gasteiger partial charge in [-0.25, -0.2) is 19.9 Å². The van der Waals surface area contributed by atoms with Gasteiger partial charge in [-0.15, -0.1) is 0 Å². The maximum absolute atomic E-state index is 12.1. The van der Waals surface area contributed by atoms with Gasteiger partial charge in [0.2, 0.25) is 11.8 Å². The van der Waals surface area contributed by atoms with Gasteiger partial charge in [0.05, 0.1) is 29.6 Å². The smallest absolute Gasteiger partial charge is 0.239 e. The molecule has 2 fully saturated rings. The average molecular weight is 536 g/mol. The van der Waals surface area contributed by atoms with Crippen molar-refractivity contribution < 1.29 is 9.53 Å². The Morgan fingerprint density at radius 1 is 0.875 bits per heavy atom. The molecule has 202 valence electrons. The molecule has 1 aromatic carbocycles. The van der Waals surface area contributed by atoms with Crippen LogP contribution in [0.4, 0.5) is 11.6 Å². The number of pyridine rings is 2. The molecule has 40 heavy (non-hydrogen) atoms. The number of nitrogens with zero attached hydrogens (tertiary/aromatic N) is 7. The highest BCUT2D eigenvalue weighted by Crippen LogP contribution is 2.28. The zero-order valence-electron chi connectivity index (χ0n) is 22.0. The first-order chi connectivity index (χ1) is 19.7. The quantitative estimate of drug-likeness (QED) is 0.338. The minimum absolute atomic E-state index is 0.0273. The van der Waals surface area contributed by atoms with Crippen molar-refractivity contribution in [3.05, 3.63) is 72.8 Å². The van der Waals surface area contributed by atoms with E-state index in [2.05, 4.69) is 32.7 Å². The molecule has 1 amide bonds. The third kappa shape index (κ3) is 4.75. The van der Waals surface area contributed by atoms with Crippen LogP contribution in [0.15, 0.2) is 67.1 Å². The van der Waals surface area contributed by atoms with Gasteiger partial charge in [-0.1, -0.05) is 18.2 Å². The Balaban J connectivity index is 1.22. The molecule has 6 heterocycles. The van der Waals surface area contributed by atoms with Crippen molar-refractivity contribution >= 4 is 34.1 Å². The number of nitrogens with one attached hydrogen (secondary N) is 2. The van der Waals surface area contributed by atoms with Gasteiger partial charge >= 0.3 is 0 Å². The maximum Gasteiger partial charge on any atom is 0.239 e. The summed E-state index contributed by atoms with van der Waals surface area (Å²) in [4.78, 5) is 35.5. The summed E-state index contributed by atoms with van der Waals surface area (Å²) in [5.41, 5.74) is 4.08. The highest BCUT2D eigenvalue weighted by molar-refractivity contribution is 5.84. The number of anilines is 2. The van der Waals surface area contributed by atoms with Crippen LogP contribution in [0.2, 0.25) is 0 Å². The van der Waals surface area contributed by atoms with Crippen LogP contribution in [0.25, 0.3) is 27.8 Å². The molecule has 0 atom stereocenters. The Morgan fingerprint density at radius 3 is 2.60 bits per heavy atom. The fraction of sp³-hybridized carbons (Fsp3) is 0.276. The van der Waals surface area contributed by atoms with E-state index < -0.39 is 0 Å². The van der Waals surface area contributed by atoms with Gasteiger partial charge < -0.3 is 25.2 Å². The number of rotatable bonds is 6. The summed E-state index contributed by atoms with van der Waals surface area (Å²) in [6.45, 7) is 5.50. The van der Waals surface area contributed by atoms with Crippen LogP contribution in [0.3, 0.4) is 0 Å². The SMILES string of the molecule is O=C1CN(c2ncc(-c3ccc(N4CCNCC4)nc3)n3cc(COc4ccc5ccccc5n4)nc23)CCN1. The second-order valence-corrected chi connectivity index (χ2v) is 9.94. The van der Waals surface area contributed by atoms with Crippen LogP contribution >= 0.6 is 0 Å². The molecule has 11 heteroatoms. The molecule has 5 aromatic rings. The van der Waals surface area contributed by atoms with Gasteiger partial charge in [0.1, 0.15) is 12.4 Å². The molecule has 0 unspecified atom stereocenters. The Morgan fingerprint density at radius 2 is 1.75 bits per heavy atom. The lowest BCUT2D eigenvalue weighted by molar-refractivity contribution is -0.120. The molecule has 0 spiro atoms. The summed E-state index contributed by atoms with van der Waals surface area (Å²) in [5.74, 6) is 2.14. The third-order valence-electron chi connectivity index (χ3n) is 7.29. The van der Waals surface area contributed by atoms with Crippen LogP contribution in [0, 0.1) is 0 Å². The van der Waals surface area contributed by atoms with E-state index in [4.69, 9.17) is 19.7 Å². The standard InChI is InChI=1S/C29H29N9O2/c39-26-18-37(14-11-31-26)28-29-34-22(19-40-27-8-6-20-3-1-2-4-23(20)35-27)17-38(29)24(16-33-28)21-5-7-25(32-15-21)36-12-9-30-10-13-36/h1-8,15-17,30H,9-14,18-19H2,(H,31,39). The maximum atomic E-state index is 12.1. The van der Waals surface area contributed by atoms with Crippen molar-refractivity contribution in [2.24, 2.45) is 0 Å². The van der Waals surface area contributed by atoms with Crippen molar-refractivity contribution in [1.82, 2.24) is 35.0 Å². The van der Waals surface area contributed by atoms with E-state index in [9.17, 15) is 4.79 Å². The minimum atomic E-state index is -0.0273. The molecular weight excluding hydrogens is 506 g/mol. The normalized spacial score (nSPS) is 15.9. The number of piperazine rings is 2. The minimum Gasteiger partial charge on any atom is -0.471 e. The average Bonchev–Trinajstić information content (AvgIpc) is 3.44. The number of hydrogen-bond acceptors (Lipinski definition) is 9. The van der Waals surface area contributed by atoms with E-state index in [1.165, 1.54) is 0 Å². The Kier molecular flexibility index (Phi) is 6.33. The van der Waals surface area contributed by atoms with Gasteiger partial charge in [-0.3, -0.25) is 9.20 Å². The number of hydrogen-bond donors (Lipinski definition) is 2.